The number of hydrogen-bond acceptors (Lipinski definition) is 6. The number of carbonyl (C=O) groups is 1. The van der Waals surface area contributed by atoms with Crippen LogP contribution in [0, 0.1) is 6.92 Å². The van der Waals surface area contributed by atoms with Gasteiger partial charge in [-0.25, -0.2) is 13.1 Å². The van der Waals surface area contributed by atoms with Crippen LogP contribution in [-0.2, 0) is 10.0 Å². The summed E-state index contributed by atoms with van der Waals surface area (Å²) in [7, 11) is -3.74. The molecule has 0 aliphatic carbocycles. The van der Waals surface area contributed by atoms with Crippen molar-refractivity contribution in [2.24, 2.45) is 0 Å². The molecule has 2 rings (SSSR count). The Bertz CT molecular complexity index is 799. The third-order valence-corrected chi connectivity index (χ3v) is 5.29. The average molecular weight is 338 g/mol. The predicted octanol–water partition coefficient (Wildman–Crippen LogP) is 1.56. The van der Waals surface area contributed by atoms with E-state index in [0.717, 1.165) is 16.9 Å². The standard InChI is InChI=1S/C13H14N4O3S2/c1-3-8-14-22(19,20)13-17-16-12(21-13)15-11(18)10-7-5-4-6-9(10)2/h3-7,14H,1,8H2,2H3,(H,15,16,18). The van der Waals surface area contributed by atoms with Crippen molar-refractivity contribution >= 4 is 32.4 Å². The lowest BCUT2D eigenvalue weighted by molar-refractivity contribution is 0.102. The molecule has 0 saturated carbocycles. The normalized spacial score (nSPS) is 11.1. The van der Waals surface area contributed by atoms with Crippen LogP contribution in [0.3, 0.4) is 0 Å². The van der Waals surface area contributed by atoms with Gasteiger partial charge in [0, 0.05) is 12.1 Å². The van der Waals surface area contributed by atoms with Crippen molar-refractivity contribution in [1.29, 1.82) is 0 Å². The molecule has 116 valence electrons. The SMILES string of the molecule is C=CCNS(=O)(=O)c1nnc(NC(=O)c2ccccc2C)s1. The monoisotopic (exact) mass is 338 g/mol. The Morgan fingerprint density at radius 1 is 1.36 bits per heavy atom. The Labute approximate surface area is 132 Å². The van der Waals surface area contributed by atoms with Gasteiger partial charge in [0.1, 0.15) is 0 Å². The van der Waals surface area contributed by atoms with Crippen LogP contribution in [0.25, 0.3) is 0 Å². The third-order valence-electron chi connectivity index (χ3n) is 2.66. The Hall–Kier alpha value is -2.10. The number of aryl methyl sites for hydroxylation is 1. The lowest BCUT2D eigenvalue weighted by Crippen LogP contribution is -2.23. The molecular formula is C13H14N4O3S2. The average Bonchev–Trinajstić information content (AvgIpc) is 2.95. The van der Waals surface area contributed by atoms with Crippen molar-refractivity contribution in [3.63, 3.8) is 0 Å². The Morgan fingerprint density at radius 3 is 2.77 bits per heavy atom. The molecule has 0 radical (unpaired) electrons. The van der Waals surface area contributed by atoms with Gasteiger partial charge in [-0.2, -0.15) is 0 Å². The number of nitrogens with one attached hydrogen (secondary N) is 2. The molecule has 7 nitrogen and oxygen atoms in total. The van der Waals surface area contributed by atoms with E-state index in [-0.39, 0.29) is 21.9 Å². The van der Waals surface area contributed by atoms with E-state index in [9.17, 15) is 13.2 Å². The fourth-order valence-corrected chi connectivity index (χ4v) is 3.53. The number of anilines is 1. The van der Waals surface area contributed by atoms with Gasteiger partial charge in [0.25, 0.3) is 15.9 Å². The van der Waals surface area contributed by atoms with Crippen LogP contribution < -0.4 is 10.0 Å². The smallest absolute Gasteiger partial charge is 0.270 e. The highest BCUT2D eigenvalue weighted by atomic mass is 32.2. The van der Waals surface area contributed by atoms with E-state index in [1.807, 2.05) is 19.1 Å². The van der Waals surface area contributed by atoms with Gasteiger partial charge in [0.05, 0.1) is 0 Å². The second-order valence-electron chi connectivity index (χ2n) is 4.28. The van der Waals surface area contributed by atoms with Crippen LogP contribution in [0.15, 0.2) is 41.3 Å². The quantitative estimate of drug-likeness (QED) is 0.615. The van der Waals surface area contributed by atoms with Crippen molar-refractivity contribution in [2.45, 2.75) is 11.3 Å². The van der Waals surface area contributed by atoms with Gasteiger partial charge < -0.3 is 0 Å². The van der Waals surface area contributed by atoms with Crippen LogP contribution >= 0.6 is 11.3 Å². The number of hydrogen-bond donors (Lipinski definition) is 2. The van der Waals surface area contributed by atoms with Crippen LogP contribution in [0.2, 0.25) is 0 Å². The molecule has 0 atom stereocenters. The van der Waals surface area contributed by atoms with Crippen molar-refractivity contribution in [3.05, 3.63) is 48.0 Å². The minimum absolute atomic E-state index is 0.0901. The van der Waals surface area contributed by atoms with E-state index in [2.05, 4.69) is 26.8 Å². The van der Waals surface area contributed by atoms with E-state index >= 15 is 0 Å². The zero-order chi connectivity index (χ0) is 16.2. The molecule has 22 heavy (non-hydrogen) atoms. The van der Waals surface area contributed by atoms with Gasteiger partial charge in [-0.3, -0.25) is 10.1 Å². The van der Waals surface area contributed by atoms with E-state index in [1.54, 1.807) is 12.1 Å². The topological polar surface area (TPSA) is 101 Å². The van der Waals surface area contributed by atoms with Crippen LogP contribution in [0.5, 0.6) is 0 Å². The van der Waals surface area contributed by atoms with Crippen LogP contribution in [0.4, 0.5) is 5.13 Å². The summed E-state index contributed by atoms with van der Waals surface area (Å²) in [6.07, 6.45) is 1.42. The van der Waals surface area contributed by atoms with Gasteiger partial charge in [-0.1, -0.05) is 35.6 Å². The maximum Gasteiger partial charge on any atom is 0.270 e. The van der Waals surface area contributed by atoms with Gasteiger partial charge in [0.15, 0.2) is 0 Å². The molecular weight excluding hydrogens is 324 g/mol. The number of aromatic nitrogens is 2. The highest BCUT2D eigenvalue weighted by molar-refractivity contribution is 7.91. The lowest BCUT2D eigenvalue weighted by atomic mass is 10.1. The number of carbonyl (C=O) groups excluding carboxylic acids is 1. The molecule has 2 N–H and O–H groups in total. The molecule has 0 fully saturated rings. The summed E-state index contributed by atoms with van der Waals surface area (Å²) >= 11 is 0.780. The van der Waals surface area contributed by atoms with Gasteiger partial charge in [-0.05, 0) is 18.6 Å². The molecule has 1 aromatic heterocycles. The highest BCUT2D eigenvalue weighted by Gasteiger charge is 2.20. The van der Waals surface area contributed by atoms with Crippen molar-refractivity contribution in [1.82, 2.24) is 14.9 Å². The summed E-state index contributed by atoms with van der Waals surface area (Å²) in [6.45, 7) is 5.33. The van der Waals surface area contributed by atoms with Gasteiger partial charge >= 0.3 is 0 Å². The molecule has 1 aromatic carbocycles. The van der Waals surface area contributed by atoms with E-state index in [0.29, 0.717) is 5.56 Å². The Balaban J connectivity index is 2.14. The fraction of sp³-hybridized carbons (Fsp3) is 0.154. The van der Waals surface area contributed by atoms with Crippen molar-refractivity contribution in [2.75, 3.05) is 11.9 Å². The van der Waals surface area contributed by atoms with Gasteiger partial charge in [0.2, 0.25) is 9.47 Å². The first kappa shape index (κ1) is 16.3. The molecule has 0 spiro atoms. The van der Waals surface area contributed by atoms with Gasteiger partial charge in [-0.15, -0.1) is 16.8 Å². The van der Waals surface area contributed by atoms with Crippen molar-refractivity contribution < 1.29 is 13.2 Å². The first-order valence-corrected chi connectivity index (χ1v) is 8.55. The van der Waals surface area contributed by atoms with E-state index in [4.69, 9.17) is 0 Å². The minimum Gasteiger partial charge on any atom is -0.296 e. The molecule has 0 aliphatic rings. The van der Waals surface area contributed by atoms with E-state index in [1.165, 1.54) is 6.08 Å². The third kappa shape index (κ3) is 3.75. The summed E-state index contributed by atoms with van der Waals surface area (Å²) in [4.78, 5) is 12.1. The van der Waals surface area contributed by atoms with Crippen molar-refractivity contribution in [3.8, 4) is 0 Å². The second kappa shape index (κ2) is 6.77. The molecule has 9 heteroatoms. The first-order valence-electron chi connectivity index (χ1n) is 6.25. The molecule has 2 aromatic rings. The number of nitrogens with zero attached hydrogens (tertiary/aromatic N) is 2. The largest absolute Gasteiger partial charge is 0.296 e. The summed E-state index contributed by atoms with van der Waals surface area (Å²) in [6, 6.07) is 7.06. The number of amides is 1. The highest BCUT2D eigenvalue weighted by Crippen LogP contribution is 2.20. The fourth-order valence-electron chi connectivity index (χ4n) is 1.59. The van der Waals surface area contributed by atoms with E-state index < -0.39 is 10.0 Å². The Kier molecular flexibility index (Phi) is 5.01. The predicted molar refractivity (Wildman–Crippen MR) is 84.4 cm³/mol. The Morgan fingerprint density at radius 2 is 2.09 bits per heavy atom. The zero-order valence-electron chi connectivity index (χ0n) is 11.7. The van der Waals surface area contributed by atoms with Crippen LogP contribution in [-0.4, -0.2) is 31.1 Å². The first-order chi connectivity index (χ1) is 10.4. The number of benzene rings is 1. The summed E-state index contributed by atoms with van der Waals surface area (Å²) in [5, 5.41) is 9.92. The van der Waals surface area contributed by atoms with Crippen LogP contribution in [0.1, 0.15) is 15.9 Å². The summed E-state index contributed by atoms with van der Waals surface area (Å²) in [5.41, 5.74) is 1.30. The lowest BCUT2D eigenvalue weighted by Gasteiger charge is -2.03. The molecule has 0 bridgehead atoms. The molecule has 0 saturated heterocycles. The minimum atomic E-state index is -3.74. The maximum absolute atomic E-state index is 12.1. The maximum atomic E-state index is 12.1. The molecule has 1 amide bonds. The number of rotatable bonds is 6. The summed E-state index contributed by atoms with van der Waals surface area (Å²) < 4.78 is 25.8. The zero-order valence-corrected chi connectivity index (χ0v) is 13.4. The molecule has 0 unspecified atom stereocenters. The second-order valence-corrected chi connectivity index (χ2v) is 7.20. The number of sulfonamides is 1. The molecule has 1 heterocycles. The summed E-state index contributed by atoms with van der Waals surface area (Å²) in [5.74, 6) is -0.364. The molecule has 0 aliphatic heterocycles.